The molecule has 0 bridgehead atoms. The maximum atomic E-state index is 12.3. The number of hydrogen-bond donors (Lipinski definition) is 0. The van der Waals surface area contributed by atoms with Crippen molar-refractivity contribution in [2.75, 3.05) is 24.6 Å². The maximum Gasteiger partial charge on any atom is 0.573 e. The zero-order valence-corrected chi connectivity index (χ0v) is 21.9. The number of fused-ring (bicyclic) bond motifs is 1. The molecule has 2 aliphatic rings. The smallest absolute Gasteiger partial charge is 0.490 e. The SMILES string of the molecule is O=[N+]([O-])c1cn2c(n1)O[C@H](COc1ccc(N3CCC(CCCc4ccc(OC(F)(F)F)cc4)CC3)cc1)CC2. The molecular formula is C28H31F3N4O5. The Labute approximate surface area is 229 Å². The standard InChI is InChI=1S/C28H31F3N4O5/c29-28(30,31)40-24-8-4-20(5-9-24)2-1-3-21-12-15-33(16-13-21)22-6-10-23(11-7-22)38-19-25-14-17-34-18-26(35(36)37)32-27(34)39-25/h4-11,18,21,25H,1-3,12-17,19H2/t25-/m0/s1. The van der Waals surface area contributed by atoms with E-state index in [-0.39, 0.29) is 23.7 Å². The van der Waals surface area contributed by atoms with Crippen LogP contribution in [0.2, 0.25) is 0 Å². The number of aromatic nitrogens is 2. The van der Waals surface area contributed by atoms with Crippen molar-refractivity contribution in [3.05, 3.63) is 70.4 Å². The molecule has 40 heavy (non-hydrogen) atoms. The first-order valence-corrected chi connectivity index (χ1v) is 13.4. The molecule has 214 valence electrons. The lowest BCUT2D eigenvalue weighted by Crippen LogP contribution is -2.33. The predicted octanol–water partition coefficient (Wildman–Crippen LogP) is 6.16. The Morgan fingerprint density at radius 1 is 1.00 bits per heavy atom. The Balaban J connectivity index is 1.01. The van der Waals surface area contributed by atoms with Crippen LogP contribution in [0, 0.1) is 16.0 Å². The van der Waals surface area contributed by atoms with Crippen LogP contribution in [-0.4, -0.2) is 46.6 Å². The average Bonchev–Trinajstić information content (AvgIpc) is 3.37. The van der Waals surface area contributed by atoms with E-state index in [2.05, 4.69) is 26.8 Å². The van der Waals surface area contributed by atoms with Gasteiger partial charge in [0.15, 0.2) is 0 Å². The minimum absolute atomic E-state index is 0.190. The molecule has 0 saturated carbocycles. The van der Waals surface area contributed by atoms with Crippen LogP contribution in [0.25, 0.3) is 0 Å². The Kier molecular flexibility index (Phi) is 8.32. The van der Waals surface area contributed by atoms with E-state index >= 15 is 0 Å². The fourth-order valence-electron chi connectivity index (χ4n) is 5.21. The lowest BCUT2D eigenvalue weighted by atomic mass is 9.90. The quantitative estimate of drug-likeness (QED) is 0.217. The van der Waals surface area contributed by atoms with Crippen molar-refractivity contribution >= 4 is 11.5 Å². The van der Waals surface area contributed by atoms with Gasteiger partial charge in [0.25, 0.3) is 0 Å². The number of piperidine rings is 1. The molecule has 0 N–H and O–H groups in total. The number of rotatable bonds is 10. The third-order valence-electron chi connectivity index (χ3n) is 7.37. The highest BCUT2D eigenvalue weighted by Gasteiger charge is 2.31. The number of imidazole rings is 1. The second-order valence-corrected chi connectivity index (χ2v) is 10.2. The fraction of sp³-hybridized carbons (Fsp3) is 0.464. The van der Waals surface area contributed by atoms with Crippen LogP contribution in [0.1, 0.15) is 37.7 Å². The Morgan fingerprint density at radius 3 is 2.38 bits per heavy atom. The van der Waals surface area contributed by atoms with Crippen LogP contribution in [0.5, 0.6) is 17.5 Å². The first kappa shape index (κ1) is 27.6. The van der Waals surface area contributed by atoms with Gasteiger partial charge in [-0.2, -0.15) is 0 Å². The first-order chi connectivity index (χ1) is 19.2. The fourth-order valence-corrected chi connectivity index (χ4v) is 5.21. The zero-order valence-electron chi connectivity index (χ0n) is 21.9. The Bertz CT molecular complexity index is 1270. The van der Waals surface area contributed by atoms with E-state index in [1.54, 1.807) is 16.7 Å². The van der Waals surface area contributed by atoms with Crippen LogP contribution in [0.4, 0.5) is 24.7 Å². The highest BCUT2D eigenvalue weighted by molar-refractivity contribution is 5.49. The van der Waals surface area contributed by atoms with E-state index < -0.39 is 11.3 Å². The number of ether oxygens (including phenoxy) is 3. The summed E-state index contributed by atoms with van der Waals surface area (Å²) < 4.78 is 54.2. The Hall–Kier alpha value is -3.96. The summed E-state index contributed by atoms with van der Waals surface area (Å²) in [4.78, 5) is 16.7. The number of anilines is 1. The summed E-state index contributed by atoms with van der Waals surface area (Å²) in [6.45, 7) is 2.87. The molecule has 0 spiro atoms. The number of halogens is 3. The molecule has 5 rings (SSSR count). The molecule has 0 unspecified atom stereocenters. The molecule has 0 aliphatic carbocycles. The largest absolute Gasteiger partial charge is 0.573 e. The summed E-state index contributed by atoms with van der Waals surface area (Å²) >= 11 is 0. The highest BCUT2D eigenvalue weighted by atomic mass is 19.4. The van der Waals surface area contributed by atoms with Crippen LogP contribution < -0.4 is 19.1 Å². The summed E-state index contributed by atoms with van der Waals surface area (Å²) in [7, 11) is 0. The summed E-state index contributed by atoms with van der Waals surface area (Å²) in [6, 6.07) is 14.4. The van der Waals surface area contributed by atoms with E-state index in [1.807, 2.05) is 12.1 Å². The van der Waals surface area contributed by atoms with Gasteiger partial charge in [-0.15, -0.1) is 13.2 Å². The number of hydrogen-bond acceptors (Lipinski definition) is 7. The zero-order chi connectivity index (χ0) is 28.1. The minimum atomic E-state index is -4.67. The third kappa shape index (κ3) is 7.36. The molecule has 1 aromatic heterocycles. The van der Waals surface area contributed by atoms with E-state index in [1.165, 1.54) is 18.3 Å². The van der Waals surface area contributed by atoms with Crippen molar-refractivity contribution in [1.82, 2.24) is 9.55 Å². The normalized spacial score (nSPS) is 17.7. The van der Waals surface area contributed by atoms with Crippen LogP contribution in [0.15, 0.2) is 54.7 Å². The van der Waals surface area contributed by atoms with E-state index in [0.29, 0.717) is 25.5 Å². The van der Waals surface area contributed by atoms with Crippen LogP contribution in [0.3, 0.4) is 0 Å². The van der Waals surface area contributed by atoms with Crippen molar-refractivity contribution in [1.29, 1.82) is 0 Å². The molecule has 1 saturated heterocycles. The van der Waals surface area contributed by atoms with Crippen molar-refractivity contribution in [3.63, 3.8) is 0 Å². The maximum absolute atomic E-state index is 12.3. The lowest BCUT2D eigenvalue weighted by molar-refractivity contribution is -0.389. The summed E-state index contributed by atoms with van der Waals surface area (Å²) in [5.41, 5.74) is 2.16. The third-order valence-corrected chi connectivity index (χ3v) is 7.37. The van der Waals surface area contributed by atoms with Gasteiger partial charge in [-0.3, -0.25) is 4.57 Å². The molecule has 2 aliphatic heterocycles. The molecule has 1 fully saturated rings. The molecule has 0 radical (unpaired) electrons. The second kappa shape index (κ2) is 12.1. The lowest BCUT2D eigenvalue weighted by Gasteiger charge is -2.33. The summed E-state index contributed by atoms with van der Waals surface area (Å²) in [5, 5.41) is 10.9. The van der Waals surface area contributed by atoms with E-state index in [0.717, 1.165) is 62.2 Å². The molecule has 9 nitrogen and oxygen atoms in total. The van der Waals surface area contributed by atoms with Gasteiger partial charge in [-0.25, -0.2) is 0 Å². The van der Waals surface area contributed by atoms with Gasteiger partial charge in [0.2, 0.25) is 0 Å². The number of benzene rings is 2. The molecule has 12 heteroatoms. The minimum Gasteiger partial charge on any atom is -0.490 e. The second-order valence-electron chi connectivity index (χ2n) is 10.2. The van der Waals surface area contributed by atoms with E-state index in [4.69, 9.17) is 9.47 Å². The molecule has 3 aromatic rings. The van der Waals surface area contributed by atoms with Crippen molar-refractivity contribution in [2.24, 2.45) is 5.92 Å². The van der Waals surface area contributed by atoms with Crippen molar-refractivity contribution in [2.45, 2.75) is 57.5 Å². The molecule has 2 aromatic carbocycles. The monoisotopic (exact) mass is 560 g/mol. The average molecular weight is 561 g/mol. The number of aryl methyl sites for hydroxylation is 2. The van der Waals surface area contributed by atoms with Crippen LogP contribution in [-0.2, 0) is 13.0 Å². The number of nitrogens with zero attached hydrogens (tertiary/aromatic N) is 4. The first-order valence-electron chi connectivity index (χ1n) is 13.4. The molecule has 1 atom stereocenters. The molecular weight excluding hydrogens is 529 g/mol. The van der Waals surface area contributed by atoms with Gasteiger partial charge in [-0.1, -0.05) is 12.1 Å². The van der Waals surface area contributed by atoms with Crippen LogP contribution >= 0.6 is 0 Å². The van der Waals surface area contributed by atoms with Gasteiger partial charge in [0.1, 0.15) is 30.4 Å². The summed E-state index contributed by atoms with van der Waals surface area (Å²) in [5.74, 6) is 0.966. The predicted molar refractivity (Wildman–Crippen MR) is 141 cm³/mol. The molecule has 0 amide bonds. The number of nitro groups is 1. The van der Waals surface area contributed by atoms with E-state index in [9.17, 15) is 23.3 Å². The van der Waals surface area contributed by atoms with Gasteiger partial charge >= 0.3 is 18.2 Å². The van der Waals surface area contributed by atoms with Crippen molar-refractivity contribution < 1.29 is 32.3 Å². The van der Waals surface area contributed by atoms with Gasteiger partial charge in [0, 0.05) is 36.7 Å². The highest BCUT2D eigenvalue weighted by Crippen LogP contribution is 2.29. The number of alkyl halides is 3. The topological polar surface area (TPSA) is 91.9 Å². The van der Waals surface area contributed by atoms with Crippen molar-refractivity contribution in [3.8, 4) is 17.5 Å². The molecule has 3 heterocycles. The summed E-state index contributed by atoms with van der Waals surface area (Å²) in [6.07, 6.45) is 2.30. The van der Waals surface area contributed by atoms with Gasteiger partial charge < -0.3 is 29.2 Å². The van der Waals surface area contributed by atoms with Gasteiger partial charge in [-0.05, 0) is 84.9 Å². The Morgan fingerprint density at radius 2 is 1.70 bits per heavy atom. The van der Waals surface area contributed by atoms with Gasteiger partial charge in [0.05, 0.1) is 0 Å².